The first-order valence-corrected chi connectivity index (χ1v) is 19.9. The van der Waals surface area contributed by atoms with E-state index in [0.29, 0.717) is 63.1 Å². The molecule has 1 aromatic rings. The molecule has 0 spiro atoms. The van der Waals surface area contributed by atoms with Crippen molar-refractivity contribution in [3.8, 4) is 0 Å². The Morgan fingerprint density at radius 1 is 1.07 bits per heavy atom. The summed E-state index contributed by atoms with van der Waals surface area (Å²) in [4.78, 5) is 71.2. The number of ketones is 2. The third-order valence-corrected chi connectivity index (χ3v) is 13.6. The Balaban J connectivity index is 0.911. The molecular formula is C41H53N3O12. The first-order chi connectivity index (χ1) is 26.8. The maximum Gasteiger partial charge on any atom is 0.338 e. The lowest BCUT2D eigenvalue weighted by Crippen LogP contribution is -2.63. The highest BCUT2D eigenvalue weighted by molar-refractivity contribution is 6.01. The molecule has 1 aromatic carbocycles. The number of carbonyl (C=O) groups is 4. The molecule has 2 aliphatic heterocycles. The zero-order valence-corrected chi connectivity index (χ0v) is 32.4. The van der Waals surface area contributed by atoms with E-state index in [2.05, 4.69) is 23.6 Å². The molecule has 56 heavy (non-hydrogen) atoms. The number of piperazine rings is 1. The largest absolute Gasteiger partial charge is 0.461 e. The first kappa shape index (κ1) is 40.2. The number of nitrogens with zero attached hydrogens (tertiary/aromatic N) is 3. The first-order valence-electron chi connectivity index (χ1n) is 19.9. The SMILES string of the molecule is CCCC1O[C@@H]2CC3C4CCC5=CC(=O)C=C[C@]5(C)C4C(O)C[C@]3(C)[C@]2(C(=O)COC(=O)CN2CCN(CCOC(=O)c3ccc(CO[N+](=O)[O-])cc3)CC2)O1. The van der Waals surface area contributed by atoms with E-state index >= 15 is 0 Å². The van der Waals surface area contributed by atoms with Gasteiger partial charge in [-0.1, -0.05) is 51.0 Å². The number of esters is 2. The number of fused-ring (bicyclic) bond motifs is 7. The summed E-state index contributed by atoms with van der Waals surface area (Å²) in [6.45, 7) is 8.76. The molecule has 9 atom stereocenters. The Hall–Kier alpha value is -4.02. The van der Waals surface area contributed by atoms with E-state index in [4.69, 9.17) is 18.9 Å². The van der Waals surface area contributed by atoms with Crippen molar-refractivity contribution in [1.82, 2.24) is 9.80 Å². The van der Waals surface area contributed by atoms with E-state index in [0.717, 1.165) is 24.8 Å². The average Bonchev–Trinajstić information content (AvgIpc) is 3.65. The molecule has 4 aliphatic carbocycles. The summed E-state index contributed by atoms with van der Waals surface area (Å²) in [7, 11) is 0. The van der Waals surface area contributed by atoms with Crippen LogP contribution in [0.1, 0.15) is 75.2 Å². The fourth-order valence-corrected chi connectivity index (χ4v) is 10.9. The van der Waals surface area contributed by atoms with Gasteiger partial charge in [-0.15, -0.1) is 10.1 Å². The molecule has 3 saturated carbocycles. The monoisotopic (exact) mass is 779 g/mol. The number of ether oxygens (including phenoxy) is 4. The van der Waals surface area contributed by atoms with Crippen LogP contribution in [0.2, 0.25) is 0 Å². The van der Waals surface area contributed by atoms with Crippen LogP contribution >= 0.6 is 0 Å². The molecule has 6 aliphatic rings. The number of hydrogen-bond acceptors (Lipinski definition) is 14. The van der Waals surface area contributed by atoms with Crippen LogP contribution in [0.15, 0.2) is 48.1 Å². The molecule has 0 radical (unpaired) electrons. The maximum absolute atomic E-state index is 14.5. The van der Waals surface area contributed by atoms with Crippen LogP contribution in [0.5, 0.6) is 0 Å². The lowest BCUT2D eigenvalue weighted by atomic mass is 9.46. The number of rotatable bonds is 14. The van der Waals surface area contributed by atoms with Gasteiger partial charge in [-0.05, 0) is 73.8 Å². The molecular weight excluding hydrogens is 726 g/mol. The highest BCUT2D eigenvalue weighted by Crippen LogP contribution is 2.69. The van der Waals surface area contributed by atoms with E-state index in [9.17, 15) is 34.4 Å². The van der Waals surface area contributed by atoms with Crippen LogP contribution in [0.4, 0.5) is 0 Å². The summed E-state index contributed by atoms with van der Waals surface area (Å²) in [5.41, 5.74) is -0.594. The third kappa shape index (κ3) is 7.44. The summed E-state index contributed by atoms with van der Waals surface area (Å²) in [5, 5.41) is 21.5. The van der Waals surface area contributed by atoms with E-state index in [1.54, 1.807) is 24.3 Å². The Morgan fingerprint density at radius 3 is 2.52 bits per heavy atom. The minimum atomic E-state index is -1.36. The predicted molar refractivity (Wildman–Crippen MR) is 198 cm³/mol. The molecule has 5 fully saturated rings. The van der Waals surface area contributed by atoms with Gasteiger partial charge in [0.1, 0.15) is 13.2 Å². The zero-order chi connectivity index (χ0) is 39.8. The molecule has 304 valence electrons. The van der Waals surface area contributed by atoms with Crippen LogP contribution in [-0.4, -0.2) is 120 Å². The lowest BCUT2D eigenvalue weighted by Gasteiger charge is -2.59. The summed E-state index contributed by atoms with van der Waals surface area (Å²) in [5.74, 6) is -1.32. The fraction of sp³-hybridized carbons (Fsp3) is 0.659. The minimum Gasteiger partial charge on any atom is -0.461 e. The number of allylic oxidation sites excluding steroid dienone is 4. The molecule has 2 heterocycles. The number of Topliss-reactive ketones (excluding diaryl/α,β-unsaturated/α-hetero) is 1. The van der Waals surface area contributed by atoms with Crippen molar-refractivity contribution >= 4 is 23.5 Å². The predicted octanol–water partition coefficient (Wildman–Crippen LogP) is 3.45. The number of benzene rings is 1. The Morgan fingerprint density at radius 2 is 1.80 bits per heavy atom. The van der Waals surface area contributed by atoms with E-state index in [1.165, 1.54) is 12.1 Å². The Kier molecular flexibility index (Phi) is 11.5. The third-order valence-electron chi connectivity index (χ3n) is 13.6. The van der Waals surface area contributed by atoms with Crippen molar-refractivity contribution in [3.63, 3.8) is 0 Å². The standard InChI is InChI=1S/C41H53N3O12/c1-4-5-36-55-34-21-31-30-11-10-28-20-29(45)12-13-39(28,2)37(30)32(46)22-40(31,3)41(34,56-36)33(47)25-53-35(48)23-43-16-14-42(15-17-43)18-19-52-38(49)27-8-6-26(7-9-27)24-54-44(50)51/h6-9,12-13,20,30-32,34,36-37,46H,4-5,10-11,14-19,21-25H2,1-3H3/t30?,31?,32?,34-,36?,37?,39+,40+,41-/m1/s1. The van der Waals surface area contributed by atoms with Gasteiger partial charge in [0.15, 0.2) is 24.3 Å². The summed E-state index contributed by atoms with van der Waals surface area (Å²) in [6, 6.07) is 6.21. The average molecular weight is 780 g/mol. The van der Waals surface area contributed by atoms with Gasteiger partial charge in [0, 0.05) is 49.5 Å². The molecule has 0 bridgehead atoms. The molecule has 7 rings (SSSR count). The van der Waals surface area contributed by atoms with Gasteiger partial charge in [-0.25, -0.2) is 4.79 Å². The molecule has 5 unspecified atom stereocenters. The topological polar surface area (TPSA) is 184 Å². The molecule has 15 heteroatoms. The number of hydrogen-bond donors (Lipinski definition) is 1. The van der Waals surface area contributed by atoms with Crippen molar-refractivity contribution in [2.45, 2.75) is 90.0 Å². The van der Waals surface area contributed by atoms with Gasteiger partial charge in [-0.2, -0.15) is 0 Å². The second kappa shape index (κ2) is 16.1. The number of aliphatic hydroxyl groups excluding tert-OH is 1. The highest BCUT2D eigenvalue weighted by Gasteiger charge is 2.76. The smallest absolute Gasteiger partial charge is 0.338 e. The van der Waals surface area contributed by atoms with Gasteiger partial charge in [0.05, 0.1) is 24.3 Å². The van der Waals surface area contributed by atoms with Crippen LogP contribution < -0.4 is 0 Å². The lowest BCUT2D eigenvalue weighted by molar-refractivity contribution is -0.763. The normalized spacial score (nSPS) is 35.1. The zero-order valence-electron chi connectivity index (χ0n) is 32.4. The van der Waals surface area contributed by atoms with Crippen LogP contribution in [0.3, 0.4) is 0 Å². The summed E-state index contributed by atoms with van der Waals surface area (Å²) >= 11 is 0. The highest BCUT2D eigenvalue weighted by atomic mass is 16.9. The van der Waals surface area contributed by atoms with Crippen molar-refractivity contribution in [2.75, 3.05) is 52.5 Å². The van der Waals surface area contributed by atoms with Crippen molar-refractivity contribution in [1.29, 1.82) is 0 Å². The molecule has 0 aromatic heterocycles. The molecule has 2 saturated heterocycles. The van der Waals surface area contributed by atoms with Crippen LogP contribution in [-0.2, 0) is 44.8 Å². The number of carbonyl (C=O) groups excluding carboxylic acids is 4. The molecule has 1 N–H and O–H groups in total. The number of aliphatic hydroxyl groups is 1. The van der Waals surface area contributed by atoms with E-state index in [-0.39, 0.29) is 49.1 Å². The fourth-order valence-electron chi connectivity index (χ4n) is 10.9. The second-order valence-electron chi connectivity index (χ2n) is 16.7. The van der Waals surface area contributed by atoms with Gasteiger partial charge < -0.3 is 28.9 Å². The van der Waals surface area contributed by atoms with Crippen LogP contribution in [0, 0.1) is 38.7 Å². The Bertz CT molecular complexity index is 1760. The molecule has 15 nitrogen and oxygen atoms in total. The van der Waals surface area contributed by atoms with Gasteiger partial charge in [-0.3, -0.25) is 24.2 Å². The quantitative estimate of drug-likeness (QED) is 0.165. The van der Waals surface area contributed by atoms with Gasteiger partial charge in [0.25, 0.3) is 5.09 Å². The van der Waals surface area contributed by atoms with Crippen LogP contribution in [0.25, 0.3) is 0 Å². The van der Waals surface area contributed by atoms with E-state index in [1.807, 2.05) is 17.9 Å². The van der Waals surface area contributed by atoms with Gasteiger partial charge in [0.2, 0.25) is 5.78 Å². The van der Waals surface area contributed by atoms with Crippen molar-refractivity contribution in [3.05, 3.63) is 69.3 Å². The Labute approximate surface area is 326 Å². The minimum absolute atomic E-state index is 0.0180. The summed E-state index contributed by atoms with van der Waals surface area (Å²) < 4.78 is 24.3. The van der Waals surface area contributed by atoms with Crippen molar-refractivity contribution in [2.24, 2.45) is 28.6 Å². The molecule has 0 amide bonds. The van der Waals surface area contributed by atoms with Crippen molar-refractivity contribution < 1.29 is 53.2 Å². The van der Waals surface area contributed by atoms with E-state index < -0.39 is 58.6 Å². The van der Waals surface area contributed by atoms with Gasteiger partial charge >= 0.3 is 11.9 Å². The maximum atomic E-state index is 14.5. The second-order valence-corrected chi connectivity index (χ2v) is 16.7. The summed E-state index contributed by atoms with van der Waals surface area (Å²) in [6.07, 6.45) is 7.44.